The maximum absolute atomic E-state index is 12.7. The molecular formula is C19H24ClN3O3. The van der Waals surface area contributed by atoms with Crippen molar-refractivity contribution in [1.82, 2.24) is 4.98 Å². The molecule has 0 spiro atoms. The van der Waals surface area contributed by atoms with E-state index in [-0.39, 0.29) is 18.3 Å². The topological polar surface area (TPSA) is 90.4 Å². The number of nitrogens with two attached hydrogens (primary N) is 1. The summed E-state index contributed by atoms with van der Waals surface area (Å²) >= 11 is 0. The second kappa shape index (κ2) is 7.78. The number of halogens is 1. The van der Waals surface area contributed by atoms with Gasteiger partial charge < -0.3 is 20.2 Å². The SMILES string of the molecule is Cl.NCC1(C(=O)Nc2ccc(-c3cnc(C4CC4)o3)cc2)CCOCC1. The maximum Gasteiger partial charge on any atom is 0.232 e. The monoisotopic (exact) mass is 377 g/mol. The molecule has 1 saturated carbocycles. The molecular weight excluding hydrogens is 354 g/mol. The number of anilines is 1. The summed E-state index contributed by atoms with van der Waals surface area (Å²) in [6.07, 6.45) is 5.43. The van der Waals surface area contributed by atoms with Crippen LogP contribution in [0.4, 0.5) is 5.69 Å². The lowest BCUT2D eigenvalue weighted by molar-refractivity contribution is -0.130. The van der Waals surface area contributed by atoms with Crippen LogP contribution in [0.3, 0.4) is 0 Å². The number of nitrogens with one attached hydrogen (secondary N) is 1. The lowest BCUT2D eigenvalue weighted by Gasteiger charge is -2.34. The minimum atomic E-state index is -0.527. The van der Waals surface area contributed by atoms with Gasteiger partial charge in [-0.3, -0.25) is 4.79 Å². The first-order valence-electron chi connectivity index (χ1n) is 8.86. The predicted molar refractivity (Wildman–Crippen MR) is 101 cm³/mol. The highest BCUT2D eigenvalue weighted by molar-refractivity contribution is 5.95. The number of benzene rings is 1. The Kier molecular flexibility index (Phi) is 5.65. The van der Waals surface area contributed by atoms with Gasteiger partial charge in [0.05, 0.1) is 11.6 Å². The van der Waals surface area contributed by atoms with Gasteiger partial charge in [-0.15, -0.1) is 12.4 Å². The highest BCUT2D eigenvalue weighted by Gasteiger charge is 2.38. The van der Waals surface area contributed by atoms with Crippen molar-refractivity contribution in [2.45, 2.75) is 31.6 Å². The van der Waals surface area contributed by atoms with E-state index >= 15 is 0 Å². The molecule has 6 nitrogen and oxygen atoms in total. The van der Waals surface area contributed by atoms with Crippen LogP contribution in [0.5, 0.6) is 0 Å². The number of nitrogens with zero attached hydrogens (tertiary/aromatic N) is 1. The van der Waals surface area contributed by atoms with E-state index in [2.05, 4.69) is 10.3 Å². The van der Waals surface area contributed by atoms with E-state index in [9.17, 15) is 4.79 Å². The van der Waals surface area contributed by atoms with Crippen LogP contribution in [-0.4, -0.2) is 30.6 Å². The summed E-state index contributed by atoms with van der Waals surface area (Å²) in [6.45, 7) is 1.50. The van der Waals surface area contributed by atoms with E-state index < -0.39 is 5.41 Å². The maximum atomic E-state index is 12.7. The zero-order valence-electron chi connectivity index (χ0n) is 14.6. The van der Waals surface area contributed by atoms with Crippen LogP contribution in [0.25, 0.3) is 11.3 Å². The molecule has 1 aliphatic carbocycles. The number of ether oxygens (including phenoxy) is 1. The van der Waals surface area contributed by atoms with Crippen LogP contribution in [0.2, 0.25) is 0 Å². The van der Waals surface area contributed by atoms with Crippen LogP contribution < -0.4 is 11.1 Å². The number of hydrogen-bond acceptors (Lipinski definition) is 5. The molecule has 1 aliphatic heterocycles. The molecule has 0 radical (unpaired) electrons. The van der Waals surface area contributed by atoms with Crippen LogP contribution in [0, 0.1) is 5.41 Å². The Hall–Kier alpha value is -1.89. The van der Waals surface area contributed by atoms with Gasteiger partial charge in [0.1, 0.15) is 0 Å². The molecule has 2 aromatic rings. The van der Waals surface area contributed by atoms with E-state index in [0.29, 0.717) is 38.5 Å². The molecule has 1 amide bonds. The van der Waals surface area contributed by atoms with Crippen LogP contribution in [0.1, 0.15) is 37.5 Å². The van der Waals surface area contributed by atoms with E-state index in [0.717, 1.165) is 22.9 Å². The van der Waals surface area contributed by atoms with E-state index in [1.54, 1.807) is 6.20 Å². The lowest BCUT2D eigenvalue weighted by atomic mass is 9.79. The Morgan fingerprint density at radius 1 is 1.23 bits per heavy atom. The van der Waals surface area contributed by atoms with Crippen molar-refractivity contribution < 1.29 is 13.9 Å². The number of carbonyl (C=O) groups excluding carboxylic acids is 1. The van der Waals surface area contributed by atoms with Gasteiger partial charge in [-0.05, 0) is 49.9 Å². The molecule has 3 N–H and O–H groups in total. The fraction of sp³-hybridized carbons (Fsp3) is 0.474. The van der Waals surface area contributed by atoms with Gasteiger partial charge in [-0.2, -0.15) is 0 Å². The molecule has 0 unspecified atom stereocenters. The Bertz CT molecular complexity index is 750. The molecule has 1 aromatic carbocycles. The predicted octanol–water partition coefficient (Wildman–Crippen LogP) is 3.33. The third-order valence-corrected chi connectivity index (χ3v) is 5.20. The zero-order valence-corrected chi connectivity index (χ0v) is 15.4. The third kappa shape index (κ3) is 3.77. The standard InChI is InChI=1S/C19H23N3O3.ClH/c20-12-19(7-9-24-10-8-19)18(23)22-15-5-3-13(4-6-15)16-11-21-17(25-16)14-1-2-14;/h3-6,11,14H,1-2,7-10,12,20H2,(H,22,23);1H. The summed E-state index contributed by atoms with van der Waals surface area (Å²) in [7, 11) is 0. The van der Waals surface area contributed by atoms with Gasteiger partial charge in [-0.1, -0.05) is 0 Å². The highest BCUT2D eigenvalue weighted by Crippen LogP contribution is 2.40. The average molecular weight is 378 g/mol. The molecule has 2 heterocycles. The van der Waals surface area contributed by atoms with Gasteiger partial charge in [0, 0.05) is 36.9 Å². The van der Waals surface area contributed by atoms with Gasteiger partial charge in [0.25, 0.3) is 0 Å². The van der Waals surface area contributed by atoms with Crippen molar-refractivity contribution in [3.05, 3.63) is 36.4 Å². The van der Waals surface area contributed by atoms with Gasteiger partial charge in [0.15, 0.2) is 11.7 Å². The number of carbonyl (C=O) groups is 1. The summed E-state index contributed by atoms with van der Waals surface area (Å²) in [6, 6.07) is 7.64. The van der Waals surface area contributed by atoms with Crippen molar-refractivity contribution in [2.24, 2.45) is 11.1 Å². The number of amides is 1. The number of oxazole rings is 1. The normalized spacial score (nSPS) is 18.8. The second-order valence-corrected chi connectivity index (χ2v) is 6.97. The summed E-state index contributed by atoms with van der Waals surface area (Å²) in [5, 5.41) is 2.99. The first-order valence-corrected chi connectivity index (χ1v) is 8.86. The minimum Gasteiger partial charge on any atom is -0.440 e. The molecule has 7 heteroatoms. The van der Waals surface area contributed by atoms with Crippen molar-refractivity contribution in [2.75, 3.05) is 25.1 Å². The van der Waals surface area contributed by atoms with E-state index in [1.165, 1.54) is 12.8 Å². The number of aromatic nitrogens is 1. The fourth-order valence-corrected chi connectivity index (χ4v) is 3.21. The summed E-state index contributed by atoms with van der Waals surface area (Å²) < 4.78 is 11.2. The molecule has 4 rings (SSSR count). The molecule has 2 aliphatic rings. The van der Waals surface area contributed by atoms with Crippen LogP contribution >= 0.6 is 12.4 Å². The van der Waals surface area contributed by atoms with Crippen molar-refractivity contribution in [3.63, 3.8) is 0 Å². The first-order chi connectivity index (χ1) is 12.2. The van der Waals surface area contributed by atoms with Gasteiger partial charge >= 0.3 is 0 Å². The van der Waals surface area contributed by atoms with Gasteiger partial charge in [0.2, 0.25) is 5.91 Å². The van der Waals surface area contributed by atoms with Crippen molar-refractivity contribution in [1.29, 1.82) is 0 Å². The highest BCUT2D eigenvalue weighted by atomic mass is 35.5. The van der Waals surface area contributed by atoms with Crippen molar-refractivity contribution in [3.8, 4) is 11.3 Å². The molecule has 0 bridgehead atoms. The smallest absolute Gasteiger partial charge is 0.232 e. The summed E-state index contributed by atoms with van der Waals surface area (Å²) in [5.74, 6) is 2.07. The third-order valence-electron chi connectivity index (χ3n) is 5.20. The second-order valence-electron chi connectivity index (χ2n) is 6.97. The fourth-order valence-electron chi connectivity index (χ4n) is 3.21. The van der Waals surface area contributed by atoms with E-state index in [4.69, 9.17) is 14.9 Å². The molecule has 1 saturated heterocycles. The zero-order chi connectivity index (χ0) is 17.3. The van der Waals surface area contributed by atoms with Crippen molar-refractivity contribution >= 4 is 24.0 Å². The first kappa shape index (κ1) is 18.9. The molecule has 140 valence electrons. The Morgan fingerprint density at radius 2 is 1.92 bits per heavy atom. The summed E-state index contributed by atoms with van der Waals surface area (Å²) in [5.41, 5.74) is 7.08. The number of hydrogen-bond donors (Lipinski definition) is 2. The Morgan fingerprint density at radius 3 is 2.54 bits per heavy atom. The molecule has 2 fully saturated rings. The Balaban J connectivity index is 0.00000196. The molecule has 0 atom stereocenters. The van der Waals surface area contributed by atoms with Gasteiger partial charge in [-0.25, -0.2) is 4.98 Å². The largest absolute Gasteiger partial charge is 0.440 e. The van der Waals surface area contributed by atoms with Crippen LogP contribution in [0.15, 0.2) is 34.9 Å². The lowest BCUT2D eigenvalue weighted by Crippen LogP contribution is -2.46. The number of rotatable bonds is 5. The van der Waals surface area contributed by atoms with E-state index in [1.807, 2.05) is 24.3 Å². The molecule has 26 heavy (non-hydrogen) atoms. The van der Waals surface area contributed by atoms with Crippen LogP contribution in [-0.2, 0) is 9.53 Å². The summed E-state index contributed by atoms with van der Waals surface area (Å²) in [4.78, 5) is 17.0. The Labute approximate surface area is 158 Å². The quantitative estimate of drug-likeness (QED) is 0.833. The molecule has 1 aromatic heterocycles. The average Bonchev–Trinajstić information content (AvgIpc) is 3.40. The minimum absolute atomic E-state index is 0.